The highest BCUT2D eigenvalue weighted by atomic mass is 16.5. The van der Waals surface area contributed by atoms with Crippen molar-refractivity contribution in [1.29, 1.82) is 0 Å². The second kappa shape index (κ2) is 10.5. The van der Waals surface area contributed by atoms with E-state index < -0.39 is 6.29 Å². The van der Waals surface area contributed by atoms with Crippen molar-refractivity contribution in [3.05, 3.63) is 0 Å². The second-order valence-corrected chi connectivity index (χ2v) is 1.46. The number of carbonyl (C=O) groups excluding carboxylic acids is 1. The maximum absolute atomic E-state index is 9.17. The summed E-state index contributed by atoms with van der Waals surface area (Å²) in [6.07, 6.45) is 0.815. The molecule has 0 fully saturated rings. The molecular formula is C6H14O3. The van der Waals surface area contributed by atoms with Crippen LogP contribution in [0.1, 0.15) is 26.7 Å². The van der Waals surface area contributed by atoms with Crippen molar-refractivity contribution in [3.63, 3.8) is 0 Å². The molecule has 0 rings (SSSR count). The Morgan fingerprint density at radius 2 is 1.67 bits per heavy atom. The van der Waals surface area contributed by atoms with Gasteiger partial charge in [-0.15, -0.1) is 0 Å². The van der Waals surface area contributed by atoms with Gasteiger partial charge in [0.2, 0.25) is 0 Å². The van der Waals surface area contributed by atoms with E-state index in [9.17, 15) is 4.79 Å². The molecule has 56 valence electrons. The number of hydrogen-bond acceptors (Lipinski definition) is 3. The molecule has 0 aromatic rings. The number of rotatable bonds is 2. The molecular weight excluding hydrogens is 120 g/mol. The Morgan fingerprint density at radius 3 is 1.67 bits per heavy atom. The lowest BCUT2D eigenvalue weighted by molar-refractivity contribution is -0.107. The first-order valence-electron chi connectivity index (χ1n) is 2.98. The van der Waals surface area contributed by atoms with Crippen LogP contribution in [-0.2, 0) is 4.79 Å². The predicted molar refractivity (Wildman–Crippen MR) is 34.9 cm³/mol. The molecule has 3 heteroatoms. The van der Waals surface area contributed by atoms with Crippen molar-refractivity contribution < 1.29 is 15.0 Å². The Hall–Kier alpha value is -0.410. The average Bonchev–Trinajstić information content (AvgIpc) is 1.89. The molecule has 0 aliphatic carbocycles. The molecule has 0 radical (unpaired) electrons. The van der Waals surface area contributed by atoms with Gasteiger partial charge in [-0.1, -0.05) is 13.8 Å². The fourth-order valence-corrected chi connectivity index (χ4v) is 0. The quantitative estimate of drug-likeness (QED) is 0.422. The molecule has 0 spiro atoms. The lowest BCUT2D eigenvalue weighted by atomic mass is 10.5. The number of hydrogen-bond donors (Lipinski definition) is 2. The van der Waals surface area contributed by atoms with Gasteiger partial charge in [0.1, 0.15) is 6.29 Å². The fourth-order valence-electron chi connectivity index (χ4n) is 0. The van der Waals surface area contributed by atoms with Gasteiger partial charge in [0.05, 0.1) is 0 Å². The third-order valence-corrected chi connectivity index (χ3v) is 0.532. The van der Waals surface area contributed by atoms with Gasteiger partial charge in [0, 0.05) is 6.42 Å². The van der Waals surface area contributed by atoms with Gasteiger partial charge >= 0.3 is 0 Å². The SMILES string of the molecule is CCC(O)O.CCC=O. The molecule has 0 amide bonds. The van der Waals surface area contributed by atoms with E-state index in [4.69, 9.17) is 10.2 Å². The van der Waals surface area contributed by atoms with Crippen molar-refractivity contribution in [2.75, 3.05) is 0 Å². The van der Waals surface area contributed by atoms with Crippen molar-refractivity contribution in [1.82, 2.24) is 0 Å². The average molecular weight is 134 g/mol. The van der Waals surface area contributed by atoms with Crippen LogP contribution in [0.3, 0.4) is 0 Å². The molecule has 9 heavy (non-hydrogen) atoms. The number of carbonyl (C=O) groups is 1. The van der Waals surface area contributed by atoms with Crippen LogP contribution in [0.25, 0.3) is 0 Å². The molecule has 0 atom stereocenters. The zero-order valence-electron chi connectivity index (χ0n) is 5.87. The molecule has 0 aliphatic heterocycles. The van der Waals surface area contributed by atoms with Gasteiger partial charge in [-0.25, -0.2) is 0 Å². The monoisotopic (exact) mass is 134 g/mol. The van der Waals surface area contributed by atoms with Crippen molar-refractivity contribution in [2.24, 2.45) is 0 Å². The van der Waals surface area contributed by atoms with E-state index in [1.54, 1.807) is 6.92 Å². The Balaban J connectivity index is 0. The van der Waals surface area contributed by atoms with E-state index in [1.165, 1.54) is 0 Å². The van der Waals surface area contributed by atoms with E-state index in [0.717, 1.165) is 6.29 Å². The van der Waals surface area contributed by atoms with Crippen LogP contribution in [0.2, 0.25) is 0 Å². The maximum Gasteiger partial charge on any atom is 0.151 e. The summed E-state index contributed by atoms with van der Waals surface area (Å²) in [6.45, 7) is 3.51. The van der Waals surface area contributed by atoms with E-state index >= 15 is 0 Å². The fraction of sp³-hybridized carbons (Fsp3) is 0.833. The largest absolute Gasteiger partial charge is 0.368 e. The van der Waals surface area contributed by atoms with Gasteiger partial charge in [-0.3, -0.25) is 0 Å². The normalized spacial score (nSPS) is 8.11. The summed E-state index contributed by atoms with van der Waals surface area (Å²) in [6, 6.07) is 0. The highest BCUT2D eigenvalue weighted by Crippen LogP contribution is 1.77. The van der Waals surface area contributed by atoms with Crippen LogP contribution in [-0.4, -0.2) is 22.8 Å². The van der Waals surface area contributed by atoms with E-state index in [1.807, 2.05) is 6.92 Å². The maximum atomic E-state index is 9.17. The molecule has 0 aliphatic rings. The zero-order valence-corrected chi connectivity index (χ0v) is 5.87. The molecule has 0 aromatic heterocycles. The Bertz CT molecular complexity index is 52.3. The van der Waals surface area contributed by atoms with Gasteiger partial charge in [-0.2, -0.15) is 0 Å². The third-order valence-electron chi connectivity index (χ3n) is 0.532. The van der Waals surface area contributed by atoms with Crippen LogP contribution in [0, 0.1) is 0 Å². The highest BCUT2D eigenvalue weighted by molar-refractivity contribution is 5.48. The summed E-state index contributed by atoms with van der Waals surface area (Å²) in [5.74, 6) is 0. The second-order valence-electron chi connectivity index (χ2n) is 1.46. The van der Waals surface area contributed by atoms with Gasteiger partial charge in [0.25, 0.3) is 0 Å². The summed E-state index contributed by atoms with van der Waals surface area (Å²) >= 11 is 0. The Morgan fingerprint density at radius 1 is 1.44 bits per heavy atom. The van der Waals surface area contributed by atoms with Crippen molar-refractivity contribution in [2.45, 2.75) is 33.0 Å². The summed E-state index contributed by atoms with van der Waals surface area (Å²) in [5, 5.41) is 15.8. The van der Waals surface area contributed by atoms with Crippen LogP contribution >= 0.6 is 0 Å². The molecule has 0 bridgehead atoms. The van der Waals surface area contributed by atoms with Gasteiger partial charge < -0.3 is 15.0 Å². The Labute approximate surface area is 55.3 Å². The van der Waals surface area contributed by atoms with Crippen LogP contribution in [0.15, 0.2) is 0 Å². The van der Waals surface area contributed by atoms with Gasteiger partial charge in [-0.05, 0) is 6.42 Å². The lowest BCUT2D eigenvalue weighted by Gasteiger charge is -1.90. The molecule has 0 saturated heterocycles. The summed E-state index contributed by atoms with van der Waals surface area (Å²) in [5.41, 5.74) is 0. The minimum Gasteiger partial charge on any atom is -0.368 e. The molecule has 0 aromatic carbocycles. The van der Waals surface area contributed by atoms with Crippen molar-refractivity contribution in [3.8, 4) is 0 Å². The Kier molecular flexibility index (Phi) is 13.4. The van der Waals surface area contributed by atoms with E-state index in [-0.39, 0.29) is 0 Å². The summed E-state index contributed by atoms with van der Waals surface area (Å²) < 4.78 is 0. The number of aliphatic hydroxyl groups excluding tert-OH is 1. The van der Waals surface area contributed by atoms with Crippen LogP contribution < -0.4 is 0 Å². The van der Waals surface area contributed by atoms with Gasteiger partial charge in [0.15, 0.2) is 6.29 Å². The third kappa shape index (κ3) is 35.4. The first-order chi connectivity index (χ1) is 4.18. The predicted octanol–water partition coefficient (Wildman–Crippen LogP) is 0.302. The zero-order chi connectivity index (χ0) is 7.70. The van der Waals surface area contributed by atoms with Crippen LogP contribution in [0.4, 0.5) is 0 Å². The lowest BCUT2D eigenvalue weighted by Crippen LogP contribution is -1.99. The summed E-state index contributed by atoms with van der Waals surface area (Å²) in [7, 11) is 0. The molecule has 0 heterocycles. The molecule has 0 saturated carbocycles. The molecule has 2 N–H and O–H groups in total. The minimum absolute atomic E-state index is 0.417. The first-order valence-corrected chi connectivity index (χ1v) is 2.98. The molecule has 3 nitrogen and oxygen atoms in total. The first kappa shape index (κ1) is 11.4. The smallest absolute Gasteiger partial charge is 0.151 e. The number of aldehydes is 1. The number of aliphatic hydroxyl groups is 2. The van der Waals surface area contributed by atoms with E-state index in [2.05, 4.69) is 0 Å². The van der Waals surface area contributed by atoms with E-state index in [0.29, 0.717) is 12.8 Å². The molecule has 0 unspecified atom stereocenters. The summed E-state index contributed by atoms with van der Waals surface area (Å²) in [4.78, 5) is 9.17. The highest BCUT2D eigenvalue weighted by Gasteiger charge is 1.83. The standard InChI is InChI=1S/C3H8O2.C3H6O/c1-2-3(4)5;1-2-3-4/h3-5H,2H2,1H3;3H,2H2,1H3. The van der Waals surface area contributed by atoms with Crippen LogP contribution in [0.5, 0.6) is 0 Å². The minimum atomic E-state index is -1.12. The van der Waals surface area contributed by atoms with Crippen molar-refractivity contribution >= 4 is 6.29 Å². The topological polar surface area (TPSA) is 57.5 Å².